The Bertz CT molecular complexity index is 281. The average molecular weight is 228 g/mol. The molecule has 0 aromatic rings. The molecule has 0 radical (unpaired) electrons. The molecule has 0 saturated carbocycles. The van der Waals surface area contributed by atoms with Crippen molar-refractivity contribution in [3.8, 4) is 0 Å². The van der Waals surface area contributed by atoms with Gasteiger partial charge in [0.25, 0.3) is 0 Å². The quantitative estimate of drug-likeness (QED) is 0.430. The molecule has 0 aliphatic carbocycles. The van der Waals surface area contributed by atoms with Crippen LogP contribution >= 0.6 is 0 Å². The lowest BCUT2D eigenvalue weighted by Gasteiger charge is -2.27. The molecule has 0 heterocycles. The van der Waals surface area contributed by atoms with Gasteiger partial charge in [-0.1, -0.05) is 26.8 Å². The summed E-state index contributed by atoms with van der Waals surface area (Å²) in [6.45, 7) is 10.4. The molecule has 0 aromatic heterocycles. The van der Waals surface area contributed by atoms with E-state index in [1.165, 1.54) is 6.08 Å². The fourth-order valence-corrected chi connectivity index (χ4v) is 1.19. The Morgan fingerprint density at radius 2 is 2.00 bits per heavy atom. The number of hydrogen-bond donors (Lipinski definition) is 1. The second-order valence-corrected chi connectivity index (χ2v) is 4.45. The monoisotopic (exact) mass is 228 g/mol. The van der Waals surface area contributed by atoms with E-state index in [9.17, 15) is 9.59 Å². The number of carboxylic acids is 1. The second-order valence-electron chi connectivity index (χ2n) is 4.45. The number of hydrogen-bond acceptors (Lipinski definition) is 3. The predicted octanol–water partition coefficient (Wildman–Crippen LogP) is 2.24. The average Bonchev–Trinajstić information content (AvgIpc) is 2.16. The molecule has 0 aromatic carbocycles. The third kappa shape index (κ3) is 3.68. The van der Waals surface area contributed by atoms with Crippen LogP contribution in [0, 0.1) is 11.3 Å². The van der Waals surface area contributed by atoms with Crippen molar-refractivity contribution in [2.75, 3.05) is 0 Å². The molecule has 0 rings (SSSR count). The summed E-state index contributed by atoms with van der Waals surface area (Å²) in [5.41, 5.74) is -0.823. The Kier molecular flexibility index (Phi) is 5.21. The summed E-state index contributed by atoms with van der Waals surface area (Å²) in [6.07, 6.45) is 1.85. The van der Waals surface area contributed by atoms with Crippen LogP contribution in [0.15, 0.2) is 12.7 Å². The minimum Gasteiger partial charge on any atom is -0.481 e. The van der Waals surface area contributed by atoms with Gasteiger partial charge in [0.1, 0.15) is 0 Å². The van der Waals surface area contributed by atoms with Crippen molar-refractivity contribution in [3.63, 3.8) is 0 Å². The lowest BCUT2D eigenvalue weighted by molar-refractivity contribution is -0.166. The van der Waals surface area contributed by atoms with E-state index in [4.69, 9.17) is 9.84 Å². The van der Waals surface area contributed by atoms with Gasteiger partial charge in [-0.05, 0) is 13.3 Å². The maximum absolute atomic E-state index is 11.7. The van der Waals surface area contributed by atoms with E-state index in [-0.39, 0.29) is 6.10 Å². The van der Waals surface area contributed by atoms with Gasteiger partial charge in [0.15, 0.2) is 5.92 Å². The molecule has 4 heteroatoms. The van der Waals surface area contributed by atoms with Gasteiger partial charge >= 0.3 is 11.9 Å². The highest BCUT2D eigenvalue weighted by Gasteiger charge is 2.40. The number of carbonyl (C=O) groups excluding carboxylic acids is 1. The van der Waals surface area contributed by atoms with Crippen LogP contribution < -0.4 is 0 Å². The molecule has 0 fully saturated rings. The van der Waals surface area contributed by atoms with Crippen molar-refractivity contribution in [3.05, 3.63) is 12.7 Å². The van der Waals surface area contributed by atoms with E-state index in [1.54, 1.807) is 20.8 Å². The third-order valence-electron chi connectivity index (χ3n) is 2.65. The topological polar surface area (TPSA) is 63.6 Å². The van der Waals surface area contributed by atoms with Crippen molar-refractivity contribution in [1.29, 1.82) is 0 Å². The van der Waals surface area contributed by atoms with E-state index in [0.29, 0.717) is 6.42 Å². The smallest absolute Gasteiger partial charge is 0.321 e. The number of rotatable bonds is 6. The highest BCUT2D eigenvalue weighted by molar-refractivity contribution is 5.95. The van der Waals surface area contributed by atoms with E-state index >= 15 is 0 Å². The molecule has 0 aliphatic heterocycles. The van der Waals surface area contributed by atoms with Crippen molar-refractivity contribution in [2.24, 2.45) is 11.3 Å². The zero-order valence-corrected chi connectivity index (χ0v) is 10.3. The molecule has 2 unspecified atom stereocenters. The first kappa shape index (κ1) is 14.7. The van der Waals surface area contributed by atoms with Gasteiger partial charge in [-0.2, -0.15) is 0 Å². The number of carbonyl (C=O) groups is 2. The maximum Gasteiger partial charge on any atom is 0.321 e. The number of aliphatic carboxylic acids is 1. The molecular formula is C12H20O4. The zero-order valence-electron chi connectivity index (χ0n) is 10.3. The van der Waals surface area contributed by atoms with Crippen molar-refractivity contribution >= 4 is 11.9 Å². The minimum atomic E-state index is -1.21. The summed E-state index contributed by atoms with van der Waals surface area (Å²) in [4.78, 5) is 22.8. The molecule has 4 nitrogen and oxygen atoms in total. The maximum atomic E-state index is 11.7. The Morgan fingerprint density at radius 1 is 1.50 bits per heavy atom. The fourth-order valence-electron chi connectivity index (χ4n) is 1.19. The van der Waals surface area contributed by atoms with Gasteiger partial charge < -0.3 is 9.84 Å². The first-order chi connectivity index (χ1) is 7.26. The molecule has 0 bridgehead atoms. The Balaban J connectivity index is 4.87. The van der Waals surface area contributed by atoms with Crippen LogP contribution in [-0.4, -0.2) is 23.1 Å². The number of carboxylic acid groups (broad SMARTS) is 1. The summed E-state index contributed by atoms with van der Waals surface area (Å²) < 4.78 is 5.04. The van der Waals surface area contributed by atoms with Crippen LogP contribution in [-0.2, 0) is 14.3 Å². The van der Waals surface area contributed by atoms with E-state index in [2.05, 4.69) is 6.58 Å². The first-order valence-corrected chi connectivity index (χ1v) is 5.33. The SMILES string of the molecule is C=CC(C)(C)C(C(=O)O)C(=O)OC(C)CC. The number of ether oxygens (including phenoxy) is 1. The third-order valence-corrected chi connectivity index (χ3v) is 2.65. The number of esters is 1. The molecular weight excluding hydrogens is 208 g/mol. The molecule has 2 atom stereocenters. The van der Waals surface area contributed by atoms with Crippen molar-refractivity contribution in [1.82, 2.24) is 0 Å². The molecule has 0 spiro atoms. The van der Waals surface area contributed by atoms with Gasteiger partial charge in [-0.15, -0.1) is 6.58 Å². The Morgan fingerprint density at radius 3 is 2.31 bits per heavy atom. The van der Waals surface area contributed by atoms with Gasteiger partial charge in [0.05, 0.1) is 6.10 Å². The van der Waals surface area contributed by atoms with Crippen LogP contribution in [0.25, 0.3) is 0 Å². The lowest BCUT2D eigenvalue weighted by Crippen LogP contribution is -2.38. The molecule has 0 saturated heterocycles. The second kappa shape index (κ2) is 5.68. The standard InChI is InChI=1S/C12H20O4/c1-6-8(3)16-11(15)9(10(13)14)12(4,5)7-2/h7-9H,2,6H2,1,3-5H3,(H,13,14). The summed E-state index contributed by atoms with van der Waals surface area (Å²) >= 11 is 0. The molecule has 92 valence electrons. The van der Waals surface area contributed by atoms with Crippen molar-refractivity contribution < 1.29 is 19.4 Å². The first-order valence-electron chi connectivity index (χ1n) is 5.33. The van der Waals surface area contributed by atoms with Crippen LogP contribution in [0.5, 0.6) is 0 Å². The van der Waals surface area contributed by atoms with Gasteiger partial charge in [0, 0.05) is 5.41 Å². The predicted molar refractivity (Wildman–Crippen MR) is 60.9 cm³/mol. The largest absolute Gasteiger partial charge is 0.481 e. The minimum absolute atomic E-state index is 0.269. The summed E-state index contributed by atoms with van der Waals surface area (Å²) in [7, 11) is 0. The highest BCUT2D eigenvalue weighted by atomic mass is 16.5. The Hall–Kier alpha value is -1.32. The number of allylic oxidation sites excluding steroid dienone is 1. The summed E-state index contributed by atoms with van der Waals surface area (Å²) in [5.74, 6) is -3.09. The lowest BCUT2D eigenvalue weighted by atomic mass is 9.79. The Labute approximate surface area is 96.3 Å². The molecule has 16 heavy (non-hydrogen) atoms. The van der Waals surface area contributed by atoms with Crippen LogP contribution in [0.3, 0.4) is 0 Å². The fraction of sp³-hybridized carbons (Fsp3) is 0.667. The molecule has 1 N–H and O–H groups in total. The van der Waals surface area contributed by atoms with Gasteiger partial charge in [0.2, 0.25) is 0 Å². The van der Waals surface area contributed by atoms with E-state index in [0.717, 1.165) is 0 Å². The van der Waals surface area contributed by atoms with E-state index < -0.39 is 23.3 Å². The molecule has 0 aliphatic rings. The van der Waals surface area contributed by atoms with Gasteiger partial charge in [-0.25, -0.2) is 0 Å². The normalized spacial score (nSPS) is 15.0. The van der Waals surface area contributed by atoms with Crippen molar-refractivity contribution in [2.45, 2.75) is 40.2 Å². The summed E-state index contributed by atoms with van der Waals surface area (Å²) in [5, 5.41) is 9.05. The summed E-state index contributed by atoms with van der Waals surface area (Å²) in [6, 6.07) is 0. The van der Waals surface area contributed by atoms with Crippen LogP contribution in [0.4, 0.5) is 0 Å². The van der Waals surface area contributed by atoms with Crippen LogP contribution in [0.2, 0.25) is 0 Å². The highest BCUT2D eigenvalue weighted by Crippen LogP contribution is 2.29. The van der Waals surface area contributed by atoms with Gasteiger partial charge in [-0.3, -0.25) is 9.59 Å². The molecule has 0 amide bonds. The van der Waals surface area contributed by atoms with E-state index in [1.807, 2.05) is 6.92 Å². The zero-order chi connectivity index (χ0) is 12.9. The van der Waals surface area contributed by atoms with Crippen LogP contribution in [0.1, 0.15) is 34.1 Å².